The van der Waals surface area contributed by atoms with Gasteiger partial charge in [0.2, 0.25) is 10.0 Å². The maximum absolute atomic E-state index is 11.6. The number of methoxy groups -OCH3 is 1. The van der Waals surface area contributed by atoms with Crippen LogP contribution in [-0.2, 0) is 23.0 Å². The molecule has 0 fully saturated rings. The molecule has 0 heterocycles. The molecule has 0 saturated heterocycles. The summed E-state index contributed by atoms with van der Waals surface area (Å²) < 4.78 is 28.3. The van der Waals surface area contributed by atoms with Gasteiger partial charge in [0.05, 0.1) is 7.11 Å². The topological polar surface area (TPSA) is 81.4 Å². The van der Waals surface area contributed by atoms with Crippen LogP contribution in [-0.4, -0.2) is 21.6 Å². The van der Waals surface area contributed by atoms with Crippen LogP contribution in [0.1, 0.15) is 18.1 Å². The second kappa shape index (κ2) is 7.59. The third-order valence-electron chi connectivity index (χ3n) is 3.57. The Hall–Kier alpha value is -1.89. The van der Waals surface area contributed by atoms with Gasteiger partial charge in [0.1, 0.15) is 10.6 Å². The van der Waals surface area contributed by atoms with Crippen molar-refractivity contribution in [2.24, 2.45) is 5.14 Å². The Labute approximate surface area is 137 Å². The zero-order chi connectivity index (χ0) is 16.9. The molecule has 2 aromatic rings. The fourth-order valence-electron chi connectivity index (χ4n) is 2.38. The number of primary sulfonamides is 1. The summed E-state index contributed by atoms with van der Waals surface area (Å²) in [4.78, 5) is 0.0211. The summed E-state index contributed by atoms with van der Waals surface area (Å²) in [6, 6.07) is 15.4. The molecule has 2 rings (SSSR count). The molecule has 3 N–H and O–H groups in total. The van der Waals surface area contributed by atoms with E-state index in [1.54, 1.807) is 12.1 Å². The van der Waals surface area contributed by atoms with Crippen molar-refractivity contribution in [2.75, 3.05) is 7.11 Å². The lowest BCUT2D eigenvalue weighted by molar-refractivity contribution is 0.402. The summed E-state index contributed by atoms with van der Waals surface area (Å²) in [5.74, 6) is 0.265. The van der Waals surface area contributed by atoms with Crippen LogP contribution in [0.2, 0.25) is 0 Å². The van der Waals surface area contributed by atoms with Gasteiger partial charge in [-0.25, -0.2) is 13.6 Å². The molecule has 0 aliphatic rings. The van der Waals surface area contributed by atoms with E-state index < -0.39 is 10.0 Å². The SMILES string of the molecule is COc1ccc(CC(C)NCc2ccccc2)cc1S(N)(=O)=O. The van der Waals surface area contributed by atoms with Gasteiger partial charge in [-0.2, -0.15) is 0 Å². The Kier molecular flexibility index (Phi) is 5.76. The number of ether oxygens (including phenoxy) is 1. The van der Waals surface area contributed by atoms with Crippen molar-refractivity contribution in [1.82, 2.24) is 5.32 Å². The molecule has 0 radical (unpaired) electrons. The predicted octanol–water partition coefficient (Wildman–Crippen LogP) is 2.06. The Morgan fingerprint density at radius 1 is 1.13 bits per heavy atom. The Morgan fingerprint density at radius 3 is 2.43 bits per heavy atom. The van der Waals surface area contributed by atoms with Crippen LogP contribution in [0.3, 0.4) is 0 Å². The average Bonchev–Trinajstić information content (AvgIpc) is 2.53. The molecule has 0 aliphatic carbocycles. The number of sulfonamides is 1. The highest BCUT2D eigenvalue weighted by Gasteiger charge is 2.16. The Morgan fingerprint density at radius 2 is 1.83 bits per heavy atom. The first-order valence-corrected chi connectivity index (χ1v) is 8.92. The van der Waals surface area contributed by atoms with Crippen molar-refractivity contribution in [2.45, 2.75) is 30.8 Å². The molecule has 0 bridgehead atoms. The molecule has 0 spiro atoms. The summed E-state index contributed by atoms with van der Waals surface area (Å²) in [6.45, 7) is 2.82. The van der Waals surface area contributed by atoms with E-state index in [0.717, 1.165) is 12.1 Å². The van der Waals surface area contributed by atoms with Crippen LogP contribution in [0.5, 0.6) is 5.75 Å². The van der Waals surface area contributed by atoms with Gasteiger partial charge in [-0.05, 0) is 36.6 Å². The van der Waals surface area contributed by atoms with Crippen molar-refractivity contribution in [3.05, 3.63) is 59.7 Å². The van der Waals surface area contributed by atoms with Gasteiger partial charge in [0, 0.05) is 12.6 Å². The van der Waals surface area contributed by atoms with Crippen LogP contribution in [0.4, 0.5) is 0 Å². The molecule has 2 aromatic carbocycles. The van der Waals surface area contributed by atoms with Gasteiger partial charge in [-0.3, -0.25) is 0 Å². The van der Waals surface area contributed by atoms with Gasteiger partial charge in [0.15, 0.2) is 0 Å². The Balaban J connectivity index is 2.05. The zero-order valence-corrected chi connectivity index (χ0v) is 14.1. The summed E-state index contributed by atoms with van der Waals surface area (Å²) in [5.41, 5.74) is 2.10. The summed E-state index contributed by atoms with van der Waals surface area (Å²) >= 11 is 0. The number of benzene rings is 2. The smallest absolute Gasteiger partial charge is 0.241 e. The number of rotatable bonds is 7. The number of hydrogen-bond acceptors (Lipinski definition) is 4. The van der Waals surface area contributed by atoms with Gasteiger partial charge < -0.3 is 10.1 Å². The first kappa shape index (κ1) is 17.5. The third kappa shape index (κ3) is 5.06. The lowest BCUT2D eigenvalue weighted by Crippen LogP contribution is -2.27. The second-order valence-corrected chi connectivity index (χ2v) is 7.03. The van der Waals surface area contributed by atoms with Crippen LogP contribution >= 0.6 is 0 Å². The van der Waals surface area contributed by atoms with Gasteiger partial charge in [-0.1, -0.05) is 36.4 Å². The fourth-order valence-corrected chi connectivity index (χ4v) is 3.13. The maximum Gasteiger partial charge on any atom is 0.241 e. The molecule has 124 valence electrons. The quantitative estimate of drug-likeness (QED) is 0.812. The van der Waals surface area contributed by atoms with Gasteiger partial charge in [0.25, 0.3) is 0 Å². The monoisotopic (exact) mass is 334 g/mol. The van der Waals surface area contributed by atoms with Crippen LogP contribution in [0, 0.1) is 0 Å². The van der Waals surface area contributed by atoms with E-state index in [4.69, 9.17) is 9.88 Å². The van der Waals surface area contributed by atoms with Crippen molar-refractivity contribution in [3.63, 3.8) is 0 Å². The summed E-state index contributed by atoms with van der Waals surface area (Å²) in [6.07, 6.45) is 0.694. The van der Waals surface area contributed by atoms with Crippen molar-refractivity contribution >= 4 is 10.0 Å². The summed E-state index contributed by atoms with van der Waals surface area (Å²) in [7, 11) is -2.38. The van der Waals surface area contributed by atoms with E-state index >= 15 is 0 Å². The molecule has 1 atom stereocenters. The Bertz CT molecular complexity index is 746. The molecule has 0 saturated carbocycles. The molecule has 0 aromatic heterocycles. The third-order valence-corrected chi connectivity index (χ3v) is 4.51. The standard InChI is InChI=1S/C17H22N2O3S/c1-13(19-12-14-6-4-3-5-7-14)10-15-8-9-16(22-2)17(11-15)23(18,20)21/h3-9,11,13,19H,10,12H2,1-2H3,(H2,18,20,21). The average molecular weight is 334 g/mol. The normalized spacial score (nSPS) is 12.8. The molecule has 23 heavy (non-hydrogen) atoms. The molecule has 1 unspecified atom stereocenters. The first-order chi connectivity index (χ1) is 10.9. The fraction of sp³-hybridized carbons (Fsp3) is 0.294. The minimum atomic E-state index is -3.80. The minimum Gasteiger partial charge on any atom is -0.495 e. The first-order valence-electron chi connectivity index (χ1n) is 7.37. The number of nitrogens with two attached hydrogens (primary N) is 1. The van der Waals surface area contributed by atoms with Crippen LogP contribution in [0.25, 0.3) is 0 Å². The van der Waals surface area contributed by atoms with E-state index in [1.165, 1.54) is 12.7 Å². The maximum atomic E-state index is 11.6. The van der Waals surface area contributed by atoms with Gasteiger partial charge in [-0.15, -0.1) is 0 Å². The lowest BCUT2D eigenvalue weighted by atomic mass is 10.1. The van der Waals surface area contributed by atoms with E-state index in [0.29, 0.717) is 6.42 Å². The highest BCUT2D eigenvalue weighted by molar-refractivity contribution is 7.89. The van der Waals surface area contributed by atoms with Crippen molar-refractivity contribution < 1.29 is 13.2 Å². The highest BCUT2D eigenvalue weighted by atomic mass is 32.2. The van der Waals surface area contributed by atoms with Crippen LogP contribution in [0.15, 0.2) is 53.4 Å². The van der Waals surface area contributed by atoms with Crippen LogP contribution < -0.4 is 15.2 Å². The van der Waals surface area contributed by atoms with E-state index in [2.05, 4.69) is 24.4 Å². The highest BCUT2D eigenvalue weighted by Crippen LogP contribution is 2.24. The minimum absolute atomic E-state index is 0.0211. The largest absolute Gasteiger partial charge is 0.495 e. The number of hydrogen-bond donors (Lipinski definition) is 2. The molecule has 0 aliphatic heterocycles. The number of nitrogens with one attached hydrogen (secondary N) is 1. The predicted molar refractivity (Wildman–Crippen MR) is 90.8 cm³/mol. The molecule has 0 amide bonds. The lowest BCUT2D eigenvalue weighted by Gasteiger charge is -2.15. The van der Waals surface area contributed by atoms with E-state index in [-0.39, 0.29) is 16.7 Å². The molecule has 6 heteroatoms. The zero-order valence-electron chi connectivity index (χ0n) is 13.3. The van der Waals surface area contributed by atoms with Crippen molar-refractivity contribution in [3.8, 4) is 5.75 Å². The molecule has 5 nitrogen and oxygen atoms in total. The second-order valence-electron chi connectivity index (χ2n) is 5.50. The molecular formula is C17H22N2O3S. The summed E-state index contributed by atoms with van der Waals surface area (Å²) in [5, 5.41) is 8.67. The molecular weight excluding hydrogens is 312 g/mol. The van der Waals surface area contributed by atoms with Crippen molar-refractivity contribution in [1.29, 1.82) is 0 Å². The van der Waals surface area contributed by atoms with Gasteiger partial charge >= 0.3 is 0 Å². The van der Waals surface area contributed by atoms with E-state index in [9.17, 15) is 8.42 Å². The van der Waals surface area contributed by atoms with E-state index in [1.807, 2.05) is 24.3 Å².